The van der Waals surface area contributed by atoms with Gasteiger partial charge >= 0.3 is 11.9 Å². The van der Waals surface area contributed by atoms with E-state index in [1.165, 1.54) is 21.3 Å². The fraction of sp³-hybridized carbons (Fsp3) is 0.406. The predicted molar refractivity (Wildman–Crippen MR) is 154 cm³/mol. The summed E-state index contributed by atoms with van der Waals surface area (Å²) in [6.45, 7) is 5.44. The van der Waals surface area contributed by atoms with Gasteiger partial charge in [0.2, 0.25) is 5.75 Å². The van der Waals surface area contributed by atoms with Crippen LogP contribution in [0.4, 0.5) is 0 Å². The highest BCUT2D eigenvalue weighted by atomic mass is 16.5. The number of Topliss-reactive ketones (excluding diaryl/α,β-unsaturated/α-hetero) is 1. The highest BCUT2D eigenvalue weighted by molar-refractivity contribution is 6.13. The fourth-order valence-corrected chi connectivity index (χ4v) is 5.78. The van der Waals surface area contributed by atoms with Gasteiger partial charge in [-0.05, 0) is 62.6 Å². The average molecular weight is 580 g/mol. The van der Waals surface area contributed by atoms with Gasteiger partial charge in [-0.15, -0.1) is 0 Å². The van der Waals surface area contributed by atoms with Gasteiger partial charge in [-0.25, -0.2) is 4.79 Å². The summed E-state index contributed by atoms with van der Waals surface area (Å²) >= 11 is 0. The number of dihydropyridines is 1. The van der Waals surface area contributed by atoms with E-state index in [0.29, 0.717) is 51.9 Å². The Bertz CT molecular complexity index is 1400. The van der Waals surface area contributed by atoms with Crippen molar-refractivity contribution in [3.8, 4) is 23.0 Å². The van der Waals surface area contributed by atoms with Gasteiger partial charge in [0.05, 0.1) is 47.2 Å². The second kappa shape index (κ2) is 13.0. The Hall–Kier alpha value is -4.47. The largest absolute Gasteiger partial charge is 0.497 e. The van der Waals surface area contributed by atoms with Crippen molar-refractivity contribution in [2.45, 2.75) is 39.0 Å². The highest BCUT2D eigenvalue weighted by Crippen LogP contribution is 2.50. The second-order valence-electron chi connectivity index (χ2n) is 9.85. The third-order valence-corrected chi connectivity index (χ3v) is 7.62. The topological polar surface area (TPSA) is 119 Å². The molecule has 0 amide bonds. The lowest BCUT2D eigenvalue weighted by atomic mass is 9.67. The van der Waals surface area contributed by atoms with E-state index in [2.05, 4.69) is 5.32 Å². The first-order valence-electron chi connectivity index (χ1n) is 13.8. The van der Waals surface area contributed by atoms with Crippen LogP contribution >= 0.6 is 0 Å². The Labute approximate surface area is 245 Å². The average Bonchev–Trinajstić information content (AvgIpc) is 2.99. The molecule has 42 heavy (non-hydrogen) atoms. The van der Waals surface area contributed by atoms with Crippen LogP contribution in [-0.2, 0) is 23.9 Å². The van der Waals surface area contributed by atoms with E-state index in [-0.39, 0.29) is 18.8 Å². The molecule has 10 heteroatoms. The number of carbonyl (C=O) groups excluding carboxylic acids is 3. The molecule has 0 aromatic heterocycles. The van der Waals surface area contributed by atoms with Gasteiger partial charge in [0.15, 0.2) is 17.3 Å². The van der Waals surface area contributed by atoms with Gasteiger partial charge in [-0.2, -0.15) is 0 Å². The maximum Gasteiger partial charge on any atom is 0.336 e. The van der Waals surface area contributed by atoms with Crippen LogP contribution in [0.3, 0.4) is 0 Å². The number of methoxy groups -OCH3 is 4. The molecule has 3 atom stereocenters. The molecule has 1 N–H and O–H groups in total. The molecular formula is C32H37NO9. The summed E-state index contributed by atoms with van der Waals surface area (Å²) in [6.07, 6.45) is 0.325. The van der Waals surface area contributed by atoms with Gasteiger partial charge in [-0.3, -0.25) is 9.59 Å². The Morgan fingerprint density at radius 3 is 2.00 bits per heavy atom. The molecule has 10 nitrogen and oxygen atoms in total. The van der Waals surface area contributed by atoms with Crippen molar-refractivity contribution >= 4 is 17.7 Å². The van der Waals surface area contributed by atoms with E-state index in [0.717, 1.165) is 5.56 Å². The summed E-state index contributed by atoms with van der Waals surface area (Å²) in [6, 6.07) is 10.7. The van der Waals surface area contributed by atoms with Gasteiger partial charge in [0.25, 0.3) is 0 Å². The first-order chi connectivity index (χ1) is 20.2. The minimum Gasteiger partial charge on any atom is -0.497 e. The van der Waals surface area contributed by atoms with E-state index in [1.807, 2.05) is 12.1 Å². The maximum absolute atomic E-state index is 14.5. The summed E-state index contributed by atoms with van der Waals surface area (Å²) in [4.78, 5) is 41.4. The summed E-state index contributed by atoms with van der Waals surface area (Å²) < 4.78 is 32.8. The molecule has 2 aromatic rings. The number of esters is 2. The molecule has 4 rings (SSSR count). The SMILES string of the molecule is CCOC(=O)C1=C(C)NC2=C(C(=O)[C@H](C(=O)OCC)[C@H](c3ccc(OC)cc3)C2)[C@@H]1c1cc(OC)c(OC)c(OC)c1. The molecule has 0 saturated carbocycles. The molecule has 0 radical (unpaired) electrons. The third-order valence-electron chi connectivity index (χ3n) is 7.62. The summed E-state index contributed by atoms with van der Waals surface area (Å²) in [5, 5.41) is 3.30. The number of benzene rings is 2. The van der Waals surface area contributed by atoms with Gasteiger partial charge < -0.3 is 33.7 Å². The molecule has 2 aromatic carbocycles. The molecule has 0 bridgehead atoms. The first-order valence-corrected chi connectivity index (χ1v) is 13.8. The number of ketones is 1. The van der Waals surface area contributed by atoms with Crippen molar-refractivity contribution in [3.63, 3.8) is 0 Å². The monoisotopic (exact) mass is 579 g/mol. The second-order valence-corrected chi connectivity index (χ2v) is 9.85. The van der Waals surface area contributed by atoms with Crippen LogP contribution in [0.25, 0.3) is 0 Å². The molecule has 1 aliphatic carbocycles. The lowest BCUT2D eigenvalue weighted by Gasteiger charge is -2.39. The number of allylic oxidation sites excluding steroid dienone is 3. The van der Waals surface area contributed by atoms with E-state index >= 15 is 0 Å². The standard InChI is InChI=1S/C32H37NO9/c1-8-41-31(35)25-17(3)33-22-16-21(18-10-12-20(37-4)13-11-18)27(32(36)42-9-2)29(34)28(22)26(25)19-14-23(38-5)30(40-7)24(15-19)39-6/h10-15,21,26-27,33H,8-9,16H2,1-7H3/t21-,26+,27+/m0/s1. The van der Waals surface area contributed by atoms with Gasteiger partial charge in [-0.1, -0.05) is 12.1 Å². The minimum atomic E-state index is -1.13. The Balaban J connectivity index is 1.96. The molecule has 1 aliphatic heterocycles. The lowest BCUT2D eigenvalue weighted by Crippen LogP contribution is -2.43. The third kappa shape index (κ3) is 5.53. The van der Waals surface area contributed by atoms with E-state index in [9.17, 15) is 14.4 Å². The van der Waals surface area contributed by atoms with Crippen LogP contribution < -0.4 is 24.3 Å². The lowest BCUT2D eigenvalue weighted by molar-refractivity contribution is -0.152. The van der Waals surface area contributed by atoms with Crippen LogP contribution in [0.2, 0.25) is 0 Å². The van der Waals surface area contributed by atoms with Gasteiger partial charge in [0, 0.05) is 28.8 Å². The van der Waals surface area contributed by atoms with Crippen LogP contribution in [0.1, 0.15) is 50.2 Å². The van der Waals surface area contributed by atoms with Crippen LogP contribution in [-0.4, -0.2) is 59.4 Å². The van der Waals surface area contributed by atoms with Crippen molar-refractivity contribution in [1.29, 1.82) is 0 Å². The van der Waals surface area contributed by atoms with Gasteiger partial charge in [0.1, 0.15) is 11.7 Å². The first kappa shape index (κ1) is 30.5. The summed E-state index contributed by atoms with van der Waals surface area (Å²) in [5.41, 5.74) is 3.04. The number of hydrogen-bond acceptors (Lipinski definition) is 10. The Morgan fingerprint density at radius 1 is 0.857 bits per heavy atom. The van der Waals surface area contributed by atoms with Crippen molar-refractivity contribution in [2.75, 3.05) is 41.7 Å². The number of nitrogens with one attached hydrogen (secondary N) is 1. The predicted octanol–water partition coefficient (Wildman–Crippen LogP) is 4.43. The Kier molecular flexibility index (Phi) is 9.45. The van der Waals surface area contributed by atoms with Crippen molar-refractivity contribution in [1.82, 2.24) is 5.32 Å². The van der Waals surface area contributed by atoms with E-state index in [4.69, 9.17) is 28.4 Å². The van der Waals surface area contributed by atoms with Crippen LogP contribution in [0.15, 0.2) is 58.9 Å². The molecule has 2 aliphatic rings. The Morgan fingerprint density at radius 2 is 1.48 bits per heavy atom. The molecule has 224 valence electrons. The van der Waals surface area contributed by atoms with Crippen molar-refractivity contribution in [3.05, 3.63) is 70.1 Å². The quantitative estimate of drug-likeness (QED) is 0.320. The zero-order valence-corrected chi connectivity index (χ0v) is 25.0. The minimum absolute atomic E-state index is 0.117. The number of hydrogen-bond donors (Lipinski definition) is 1. The molecule has 0 unspecified atom stereocenters. The molecular weight excluding hydrogens is 542 g/mol. The zero-order valence-electron chi connectivity index (χ0n) is 25.0. The number of rotatable bonds is 10. The van der Waals surface area contributed by atoms with Crippen molar-refractivity contribution in [2.24, 2.45) is 5.92 Å². The fourth-order valence-electron chi connectivity index (χ4n) is 5.78. The number of ether oxygens (including phenoxy) is 6. The summed E-state index contributed by atoms with van der Waals surface area (Å²) in [7, 11) is 6.05. The molecule has 1 heterocycles. The zero-order chi connectivity index (χ0) is 30.6. The number of carbonyl (C=O) groups is 3. The van der Waals surface area contributed by atoms with E-state index < -0.39 is 35.5 Å². The van der Waals surface area contributed by atoms with E-state index in [1.54, 1.807) is 52.1 Å². The summed E-state index contributed by atoms with van der Waals surface area (Å²) in [5.74, 6) is -2.42. The van der Waals surface area contributed by atoms with Crippen molar-refractivity contribution < 1.29 is 42.8 Å². The van der Waals surface area contributed by atoms with Crippen LogP contribution in [0.5, 0.6) is 23.0 Å². The highest BCUT2D eigenvalue weighted by Gasteiger charge is 2.49. The smallest absolute Gasteiger partial charge is 0.336 e. The molecule has 0 saturated heterocycles. The molecule has 0 spiro atoms. The maximum atomic E-state index is 14.5. The molecule has 0 fully saturated rings. The normalized spacial score (nSPS) is 19.9. The van der Waals surface area contributed by atoms with Crippen LogP contribution in [0, 0.1) is 5.92 Å².